The number of aliphatic hydroxyl groups excluding tert-OH is 4. The molecular weight excluding hydrogens is 875 g/mol. The van der Waals surface area contributed by atoms with E-state index >= 15 is 0 Å². The average Bonchev–Trinajstić information content (AvgIpc) is 3.38. The van der Waals surface area contributed by atoms with Crippen LogP contribution >= 0.6 is 0 Å². The molecule has 0 bridgehead atoms. The minimum absolute atomic E-state index is 0.360. The van der Waals surface area contributed by atoms with Crippen LogP contribution in [0, 0.1) is 0 Å². The summed E-state index contributed by atoms with van der Waals surface area (Å²) in [5.41, 5.74) is 0. The first-order chi connectivity index (χ1) is 35.0. The van der Waals surface area contributed by atoms with Gasteiger partial charge in [-0.3, -0.25) is 4.79 Å². The summed E-state index contributed by atoms with van der Waals surface area (Å²) < 4.78 is 0. The van der Waals surface area contributed by atoms with Crippen LogP contribution in [0.25, 0.3) is 0 Å². The number of hydrogen-bond acceptors (Lipinski definition) is 5. The minimum Gasteiger partial charge on any atom is -0.394 e. The molecule has 0 heterocycles. The highest BCUT2D eigenvalue weighted by molar-refractivity contribution is 5.80. The molecule has 0 spiro atoms. The molecule has 5 N–H and O–H groups in total. The van der Waals surface area contributed by atoms with Crippen molar-refractivity contribution >= 4 is 5.91 Å². The van der Waals surface area contributed by atoms with E-state index in [1.807, 2.05) is 0 Å². The normalized spacial score (nSPS) is 13.8. The van der Waals surface area contributed by atoms with Crippen LogP contribution in [0.3, 0.4) is 0 Å². The van der Waals surface area contributed by atoms with E-state index in [0.29, 0.717) is 19.3 Å². The first-order valence-corrected chi connectivity index (χ1v) is 31.9. The lowest BCUT2D eigenvalue weighted by atomic mass is 10.00. The molecule has 1 amide bonds. The summed E-state index contributed by atoms with van der Waals surface area (Å²) in [5, 5.41) is 44.1. The Kier molecular flexibility index (Phi) is 58.2. The zero-order valence-electron chi connectivity index (χ0n) is 47.7. The fourth-order valence-electron chi connectivity index (χ4n) is 10.1. The number of allylic oxidation sites excluding steroid dienone is 6. The summed E-state index contributed by atoms with van der Waals surface area (Å²) in [5.74, 6) is -0.594. The van der Waals surface area contributed by atoms with Gasteiger partial charge in [0.05, 0.1) is 18.8 Å². The topological polar surface area (TPSA) is 110 Å². The van der Waals surface area contributed by atoms with Crippen molar-refractivity contribution in [2.75, 3.05) is 6.61 Å². The number of hydrogen-bond donors (Lipinski definition) is 5. The monoisotopic (exact) mass is 1000 g/mol. The predicted molar refractivity (Wildman–Crippen MR) is 311 cm³/mol. The number of unbranched alkanes of at least 4 members (excludes halogenated alkanes) is 44. The van der Waals surface area contributed by atoms with Crippen LogP contribution in [0.1, 0.15) is 341 Å². The third-order valence-electron chi connectivity index (χ3n) is 15.1. The molecule has 71 heavy (non-hydrogen) atoms. The predicted octanol–water partition coefficient (Wildman–Crippen LogP) is 19.1. The van der Waals surface area contributed by atoms with Gasteiger partial charge in [-0.25, -0.2) is 0 Å². The number of amides is 1. The first-order valence-electron chi connectivity index (χ1n) is 31.9. The van der Waals surface area contributed by atoms with Gasteiger partial charge < -0.3 is 25.7 Å². The van der Waals surface area contributed by atoms with Crippen LogP contribution in [0.2, 0.25) is 0 Å². The number of rotatable bonds is 59. The van der Waals surface area contributed by atoms with Gasteiger partial charge in [-0.2, -0.15) is 0 Å². The standard InChI is InChI=1S/C65H125NO5/c1-3-5-7-9-11-13-15-17-19-21-23-25-27-29-31-33-34-36-38-40-42-44-46-48-50-52-54-56-58-62(68)64(70)61(60-67)66-65(71)63(69)59-57-55-53-51-49-47-45-43-41-39-37-35-32-30-28-26-24-22-20-18-16-14-12-10-8-6-4-2/h30,32,42,44,50,52,61-64,67-70H,3-29,31,33-41,43,45-49,51,53-60H2,1-2H3,(H,66,71)/b32-30-,44-42+,52-50+. The van der Waals surface area contributed by atoms with Crippen molar-refractivity contribution in [2.45, 2.75) is 366 Å². The van der Waals surface area contributed by atoms with E-state index in [4.69, 9.17) is 0 Å². The van der Waals surface area contributed by atoms with Crippen molar-refractivity contribution in [2.24, 2.45) is 0 Å². The van der Waals surface area contributed by atoms with E-state index in [0.717, 1.165) is 38.5 Å². The molecule has 0 radical (unpaired) electrons. The van der Waals surface area contributed by atoms with Crippen molar-refractivity contribution < 1.29 is 25.2 Å². The van der Waals surface area contributed by atoms with Crippen LogP contribution in [-0.4, -0.2) is 57.3 Å². The highest BCUT2D eigenvalue weighted by Crippen LogP contribution is 2.18. The third kappa shape index (κ3) is 53.2. The molecule has 4 unspecified atom stereocenters. The average molecular weight is 1000 g/mol. The van der Waals surface area contributed by atoms with E-state index in [2.05, 4.69) is 55.6 Å². The zero-order chi connectivity index (χ0) is 51.6. The fourth-order valence-corrected chi connectivity index (χ4v) is 10.1. The molecule has 0 aromatic carbocycles. The minimum atomic E-state index is -1.29. The number of aliphatic hydroxyl groups is 4. The molecule has 0 aromatic rings. The van der Waals surface area contributed by atoms with Gasteiger partial charge in [0.2, 0.25) is 5.91 Å². The van der Waals surface area contributed by atoms with E-state index in [-0.39, 0.29) is 0 Å². The summed E-state index contributed by atoms with van der Waals surface area (Å²) in [4.78, 5) is 12.6. The molecule has 0 aromatic heterocycles. The molecule has 0 rings (SSSR count). The molecule has 6 nitrogen and oxygen atoms in total. The van der Waals surface area contributed by atoms with Crippen LogP contribution in [0.15, 0.2) is 36.5 Å². The van der Waals surface area contributed by atoms with Gasteiger partial charge >= 0.3 is 0 Å². The third-order valence-corrected chi connectivity index (χ3v) is 15.1. The quantitative estimate of drug-likeness (QED) is 0.0308. The lowest BCUT2D eigenvalue weighted by Crippen LogP contribution is -2.53. The summed E-state index contributed by atoms with van der Waals surface area (Å²) in [6.07, 6.45) is 75.3. The Morgan fingerprint density at radius 2 is 0.592 bits per heavy atom. The van der Waals surface area contributed by atoms with Crippen molar-refractivity contribution in [1.82, 2.24) is 5.32 Å². The zero-order valence-corrected chi connectivity index (χ0v) is 47.7. The van der Waals surface area contributed by atoms with Crippen molar-refractivity contribution in [3.05, 3.63) is 36.5 Å². The lowest BCUT2D eigenvalue weighted by molar-refractivity contribution is -0.132. The van der Waals surface area contributed by atoms with E-state index in [1.54, 1.807) is 0 Å². The van der Waals surface area contributed by atoms with Crippen molar-refractivity contribution in [3.63, 3.8) is 0 Å². The first kappa shape index (κ1) is 69.5. The maximum Gasteiger partial charge on any atom is 0.249 e. The molecule has 0 aliphatic rings. The van der Waals surface area contributed by atoms with Crippen molar-refractivity contribution in [3.8, 4) is 0 Å². The Morgan fingerprint density at radius 1 is 0.338 bits per heavy atom. The van der Waals surface area contributed by atoms with Crippen LogP contribution in [0.4, 0.5) is 0 Å². The number of carbonyl (C=O) groups is 1. The molecule has 0 aliphatic carbocycles. The van der Waals surface area contributed by atoms with Crippen molar-refractivity contribution in [1.29, 1.82) is 0 Å². The Labute approximate surface area is 443 Å². The van der Waals surface area contributed by atoms with Gasteiger partial charge in [-0.1, -0.05) is 301 Å². The second kappa shape index (κ2) is 59.4. The summed E-state index contributed by atoms with van der Waals surface area (Å²) in [7, 11) is 0. The summed E-state index contributed by atoms with van der Waals surface area (Å²) in [6.45, 7) is 4.08. The van der Waals surface area contributed by atoms with Gasteiger partial charge in [-0.15, -0.1) is 0 Å². The van der Waals surface area contributed by atoms with Crippen LogP contribution in [0.5, 0.6) is 0 Å². The Hall–Kier alpha value is -1.47. The SMILES string of the molecule is CCCCCCCCCCCCCC/C=C\CCCCCCCCCCCCCC(O)C(=O)NC(CO)C(O)C(O)CCC/C=C/CC/C=C/CCCCCCCCCCCCCCCCCCCCC. The van der Waals surface area contributed by atoms with E-state index in [1.165, 1.54) is 270 Å². The highest BCUT2D eigenvalue weighted by atomic mass is 16.3. The molecular formula is C65H125NO5. The molecule has 0 aliphatic heterocycles. The van der Waals surface area contributed by atoms with Crippen LogP contribution in [-0.2, 0) is 4.79 Å². The number of carbonyl (C=O) groups excluding carboxylic acids is 1. The maximum absolute atomic E-state index is 12.6. The van der Waals surface area contributed by atoms with Gasteiger partial charge in [0.1, 0.15) is 12.2 Å². The second-order valence-corrected chi connectivity index (χ2v) is 22.1. The molecule has 0 fully saturated rings. The largest absolute Gasteiger partial charge is 0.394 e. The highest BCUT2D eigenvalue weighted by Gasteiger charge is 2.28. The smallest absolute Gasteiger partial charge is 0.249 e. The fraction of sp³-hybridized carbons (Fsp3) is 0.892. The second-order valence-electron chi connectivity index (χ2n) is 22.1. The summed E-state index contributed by atoms with van der Waals surface area (Å²) >= 11 is 0. The molecule has 420 valence electrons. The van der Waals surface area contributed by atoms with E-state index in [9.17, 15) is 25.2 Å². The van der Waals surface area contributed by atoms with Crippen LogP contribution < -0.4 is 5.32 Å². The Balaban J connectivity index is 3.64. The molecule has 6 heteroatoms. The van der Waals surface area contributed by atoms with Gasteiger partial charge in [0, 0.05) is 0 Å². The molecule has 0 saturated heterocycles. The van der Waals surface area contributed by atoms with E-state index < -0.39 is 36.9 Å². The lowest BCUT2D eigenvalue weighted by Gasteiger charge is -2.27. The van der Waals surface area contributed by atoms with Gasteiger partial charge in [0.25, 0.3) is 0 Å². The Morgan fingerprint density at radius 3 is 0.887 bits per heavy atom. The number of nitrogens with one attached hydrogen (secondary N) is 1. The van der Waals surface area contributed by atoms with Gasteiger partial charge in [-0.05, 0) is 77.0 Å². The van der Waals surface area contributed by atoms with Gasteiger partial charge in [0.15, 0.2) is 0 Å². The summed E-state index contributed by atoms with van der Waals surface area (Å²) in [6, 6.07) is -1.01. The molecule has 4 atom stereocenters. The Bertz CT molecular complexity index is 1120. The molecule has 0 saturated carbocycles. The maximum atomic E-state index is 12.6.